The Balaban J connectivity index is 1.90. The van der Waals surface area contributed by atoms with Crippen molar-refractivity contribution in [2.75, 3.05) is 25.0 Å². The van der Waals surface area contributed by atoms with Gasteiger partial charge in [-0.05, 0) is 37.2 Å². The summed E-state index contributed by atoms with van der Waals surface area (Å²) in [5.41, 5.74) is 0.269. The maximum Gasteiger partial charge on any atom is 0.115 e. The predicted molar refractivity (Wildman–Crippen MR) is 59.0 cm³/mol. The van der Waals surface area contributed by atoms with E-state index in [9.17, 15) is 5.11 Å². The quantitative estimate of drug-likeness (QED) is 0.547. The minimum absolute atomic E-state index is 0.252. The van der Waals surface area contributed by atoms with Gasteiger partial charge in [0, 0.05) is 18.8 Å². The van der Waals surface area contributed by atoms with Crippen LogP contribution in [0.2, 0.25) is 0 Å². The zero-order valence-electron chi connectivity index (χ0n) is 8.53. The number of aliphatic hydroxyl groups is 1. The molecule has 0 bridgehead atoms. The van der Waals surface area contributed by atoms with E-state index in [2.05, 4.69) is 10.6 Å². The Morgan fingerprint density at radius 3 is 2.67 bits per heavy atom. The predicted octanol–water partition coefficient (Wildman–Crippen LogP) is 0.528. The van der Waals surface area contributed by atoms with Gasteiger partial charge in [-0.25, -0.2) is 0 Å². The van der Waals surface area contributed by atoms with Gasteiger partial charge >= 0.3 is 0 Å². The molecule has 4 N–H and O–H groups in total. The molecule has 1 aliphatic rings. The van der Waals surface area contributed by atoms with Gasteiger partial charge in [-0.1, -0.05) is 0 Å². The van der Waals surface area contributed by atoms with Gasteiger partial charge in [-0.2, -0.15) is 0 Å². The molecule has 1 aromatic carbocycles. The molecule has 4 heteroatoms. The highest BCUT2D eigenvalue weighted by atomic mass is 16.3. The topological polar surface area (TPSA) is 64.5 Å². The van der Waals surface area contributed by atoms with Crippen molar-refractivity contribution >= 4 is 5.69 Å². The second-order valence-electron chi connectivity index (χ2n) is 4.05. The molecule has 2 rings (SSSR count). The molecule has 0 aromatic heterocycles. The van der Waals surface area contributed by atoms with E-state index in [4.69, 9.17) is 5.11 Å². The number of aromatic hydroxyl groups is 1. The van der Waals surface area contributed by atoms with Gasteiger partial charge in [-0.3, -0.25) is 0 Å². The third-order valence-electron chi connectivity index (χ3n) is 2.71. The number of hydrogen-bond donors (Lipinski definition) is 4. The highest BCUT2D eigenvalue weighted by Crippen LogP contribution is 2.17. The number of hydrogen-bond acceptors (Lipinski definition) is 4. The minimum atomic E-state index is -0.641. The molecule has 1 fully saturated rings. The average molecular weight is 208 g/mol. The maximum atomic E-state index is 10.0. The molecule has 0 spiro atoms. The van der Waals surface area contributed by atoms with E-state index < -0.39 is 5.60 Å². The smallest absolute Gasteiger partial charge is 0.115 e. The van der Waals surface area contributed by atoms with Gasteiger partial charge in [0.15, 0.2) is 0 Å². The summed E-state index contributed by atoms with van der Waals surface area (Å²) in [5, 5.41) is 25.4. The van der Waals surface area contributed by atoms with Crippen molar-refractivity contribution in [3.05, 3.63) is 24.3 Å². The van der Waals surface area contributed by atoms with Crippen LogP contribution in [-0.4, -0.2) is 35.4 Å². The van der Waals surface area contributed by atoms with Crippen LogP contribution in [-0.2, 0) is 0 Å². The molecule has 15 heavy (non-hydrogen) atoms. The lowest BCUT2D eigenvalue weighted by Crippen LogP contribution is -2.38. The van der Waals surface area contributed by atoms with Crippen molar-refractivity contribution in [3.63, 3.8) is 0 Å². The number of benzene rings is 1. The molecule has 0 saturated carbocycles. The SMILES string of the molecule is Oc1ccc(NCC2(O)CCNC2)cc1. The Kier molecular flexibility index (Phi) is 2.79. The number of β-amino-alcohol motifs (C(OH)–C–C–N with tert-alkyl or cyclic N) is 1. The van der Waals surface area contributed by atoms with Crippen molar-refractivity contribution in [2.45, 2.75) is 12.0 Å². The largest absolute Gasteiger partial charge is 0.508 e. The Hall–Kier alpha value is -1.26. The van der Waals surface area contributed by atoms with E-state index >= 15 is 0 Å². The average Bonchev–Trinajstić information content (AvgIpc) is 2.65. The summed E-state index contributed by atoms with van der Waals surface area (Å²) < 4.78 is 0. The first-order valence-electron chi connectivity index (χ1n) is 5.14. The van der Waals surface area contributed by atoms with E-state index in [0.717, 1.165) is 18.7 Å². The Morgan fingerprint density at radius 1 is 1.33 bits per heavy atom. The Labute approximate surface area is 88.9 Å². The highest BCUT2D eigenvalue weighted by molar-refractivity contribution is 5.46. The zero-order valence-corrected chi connectivity index (χ0v) is 8.53. The van der Waals surface area contributed by atoms with Gasteiger partial charge in [0.2, 0.25) is 0 Å². The van der Waals surface area contributed by atoms with E-state index in [1.807, 2.05) is 0 Å². The van der Waals surface area contributed by atoms with Crippen LogP contribution in [0.5, 0.6) is 5.75 Å². The van der Waals surface area contributed by atoms with Crippen molar-refractivity contribution < 1.29 is 10.2 Å². The second-order valence-corrected chi connectivity index (χ2v) is 4.05. The van der Waals surface area contributed by atoms with Crippen LogP contribution in [0.25, 0.3) is 0 Å². The zero-order chi connectivity index (χ0) is 10.7. The molecule has 1 heterocycles. The van der Waals surface area contributed by atoms with Gasteiger partial charge in [-0.15, -0.1) is 0 Å². The minimum Gasteiger partial charge on any atom is -0.508 e. The fraction of sp³-hybridized carbons (Fsp3) is 0.455. The number of phenolic OH excluding ortho intramolecular Hbond substituents is 1. The normalized spacial score (nSPS) is 25.4. The van der Waals surface area contributed by atoms with Crippen molar-refractivity contribution in [1.82, 2.24) is 5.32 Å². The number of nitrogens with one attached hydrogen (secondary N) is 2. The molecular weight excluding hydrogens is 192 g/mol. The number of rotatable bonds is 3. The summed E-state index contributed by atoms with van der Waals surface area (Å²) in [6.45, 7) is 2.04. The van der Waals surface area contributed by atoms with Crippen LogP contribution < -0.4 is 10.6 Å². The van der Waals surface area contributed by atoms with Crippen LogP contribution in [0, 0.1) is 0 Å². The molecule has 0 amide bonds. The summed E-state index contributed by atoms with van der Waals surface area (Å²) in [4.78, 5) is 0. The third kappa shape index (κ3) is 2.61. The van der Waals surface area contributed by atoms with Gasteiger partial charge in [0.25, 0.3) is 0 Å². The summed E-state index contributed by atoms with van der Waals surface area (Å²) in [6.07, 6.45) is 0.776. The molecule has 1 aromatic rings. The van der Waals surface area contributed by atoms with Crippen LogP contribution in [0.4, 0.5) is 5.69 Å². The fourth-order valence-corrected chi connectivity index (χ4v) is 1.73. The molecule has 1 atom stereocenters. The van der Waals surface area contributed by atoms with Crippen molar-refractivity contribution in [1.29, 1.82) is 0 Å². The molecule has 1 saturated heterocycles. The molecule has 1 unspecified atom stereocenters. The second kappa shape index (κ2) is 4.08. The molecule has 1 aliphatic heterocycles. The number of anilines is 1. The lowest BCUT2D eigenvalue weighted by molar-refractivity contribution is 0.0752. The first-order valence-corrected chi connectivity index (χ1v) is 5.14. The highest BCUT2D eigenvalue weighted by Gasteiger charge is 2.30. The van der Waals surface area contributed by atoms with Crippen molar-refractivity contribution in [2.24, 2.45) is 0 Å². The van der Waals surface area contributed by atoms with Gasteiger partial charge in [0.05, 0.1) is 5.60 Å². The molecule has 0 radical (unpaired) electrons. The lowest BCUT2D eigenvalue weighted by atomic mass is 10.0. The third-order valence-corrected chi connectivity index (χ3v) is 2.71. The standard InChI is InChI=1S/C11H16N2O2/c14-10-3-1-9(2-4-10)13-8-11(15)5-6-12-7-11/h1-4,12-15H,5-8H2. The maximum absolute atomic E-state index is 10.0. The van der Waals surface area contributed by atoms with Crippen LogP contribution >= 0.6 is 0 Å². The fourth-order valence-electron chi connectivity index (χ4n) is 1.73. The van der Waals surface area contributed by atoms with Crippen molar-refractivity contribution in [3.8, 4) is 5.75 Å². The van der Waals surface area contributed by atoms with Gasteiger partial charge in [0.1, 0.15) is 5.75 Å². The molecule has 82 valence electrons. The van der Waals surface area contributed by atoms with Crippen LogP contribution in [0.15, 0.2) is 24.3 Å². The molecule has 0 aliphatic carbocycles. The number of phenols is 1. The summed E-state index contributed by atoms with van der Waals surface area (Å²) >= 11 is 0. The van der Waals surface area contributed by atoms with E-state index in [0.29, 0.717) is 13.1 Å². The first-order chi connectivity index (χ1) is 7.18. The lowest BCUT2D eigenvalue weighted by Gasteiger charge is -2.22. The van der Waals surface area contributed by atoms with Gasteiger partial charge < -0.3 is 20.8 Å². The molecular formula is C11H16N2O2. The van der Waals surface area contributed by atoms with Crippen LogP contribution in [0.3, 0.4) is 0 Å². The summed E-state index contributed by atoms with van der Waals surface area (Å²) in [7, 11) is 0. The summed E-state index contributed by atoms with van der Waals surface area (Å²) in [6, 6.07) is 6.83. The Morgan fingerprint density at radius 2 is 2.07 bits per heavy atom. The summed E-state index contributed by atoms with van der Waals surface area (Å²) in [5.74, 6) is 0.252. The molecule has 4 nitrogen and oxygen atoms in total. The first kappa shape index (κ1) is 10.3. The monoisotopic (exact) mass is 208 g/mol. The Bertz CT molecular complexity index is 318. The van der Waals surface area contributed by atoms with E-state index in [1.54, 1.807) is 24.3 Å². The van der Waals surface area contributed by atoms with E-state index in [-0.39, 0.29) is 5.75 Å². The van der Waals surface area contributed by atoms with E-state index in [1.165, 1.54) is 0 Å². The van der Waals surface area contributed by atoms with Crippen LogP contribution in [0.1, 0.15) is 6.42 Å².